The Kier molecular flexibility index (Phi) is 5.33. The number of aliphatic carboxylic acids is 1. The highest BCUT2D eigenvalue weighted by atomic mass is 35.5. The van der Waals surface area contributed by atoms with Gasteiger partial charge in [-0.05, 0) is 30.2 Å². The molecule has 3 aliphatic rings. The second kappa shape index (κ2) is 8.11. The van der Waals surface area contributed by atoms with E-state index in [4.69, 9.17) is 16.3 Å². The molecule has 0 unspecified atom stereocenters. The molecule has 2 saturated heterocycles. The average molecular weight is 484 g/mol. The first kappa shape index (κ1) is 22.4. The SMILES string of the molecule is COc1ccc(CN2C(=O)[C@H]3[C@H](CCC(=O)O)N[C@@]4(C(=O)Nc5c(Cl)cccc54)[C@@H]3C2=O)cc1. The quantitative estimate of drug-likeness (QED) is 0.537. The van der Waals surface area contributed by atoms with Gasteiger partial charge in [-0.25, -0.2) is 0 Å². The Morgan fingerprint density at radius 1 is 1.15 bits per heavy atom. The summed E-state index contributed by atoms with van der Waals surface area (Å²) in [6, 6.07) is 11.3. The number of amides is 3. The molecule has 5 rings (SSSR count). The summed E-state index contributed by atoms with van der Waals surface area (Å²) in [6.07, 6.45) is -0.113. The van der Waals surface area contributed by atoms with Crippen LogP contribution in [0.15, 0.2) is 42.5 Å². The number of likely N-dealkylation sites (tertiary alicyclic amines) is 1. The molecule has 0 saturated carbocycles. The van der Waals surface area contributed by atoms with E-state index in [1.165, 1.54) is 4.90 Å². The van der Waals surface area contributed by atoms with Gasteiger partial charge in [0.1, 0.15) is 11.3 Å². The smallest absolute Gasteiger partial charge is 0.303 e. The first-order chi connectivity index (χ1) is 16.3. The number of rotatable bonds is 6. The number of carbonyl (C=O) groups excluding carboxylic acids is 3. The number of carboxylic acid groups (broad SMARTS) is 1. The summed E-state index contributed by atoms with van der Waals surface area (Å²) in [6.45, 7) is 0.0421. The van der Waals surface area contributed by atoms with Crippen LogP contribution < -0.4 is 15.4 Å². The van der Waals surface area contributed by atoms with Gasteiger partial charge < -0.3 is 15.2 Å². The standard InChI is InChI=1S/C24H22ClN3O6/c1-34-13-7-5-12(6-8-13)11-28-21(31)18-16(9-10-17(29)30)27-24(19(18)22(28)32)14-3-2-4-15(25)20(14)26-23(24)33/h2-8,16,18-19,27H,9-11H2,1H3,(H,26,33)(H,29,30)/t16-,18-,19-,24+/m0/s1. The largest absolute Gasteiger partial charge is 0.497 e. The van der Waals surface area contributed by atoms with Crippen molar-refractivity contribution in [2.45, 2.75) is 31.0 Å². The number of imide groups is 1. The monoisotopic (exact) mass is 483 g/mol. The zero-order valence-corrected chi connectivity index (χ0v) is 19.0. The van der Waals surface area contributed by atoms with Crippen molar-refractivity contribution in [3.8, 4) is 5.75 Å². The maximum absolute atomic E-state index is 13.7. The molecule has 10 heteroatoms. The van der Waals surface area contributed by atoms with Crippen molar-refractivity contribution < 1.29 is 29.0 Å². The second-order valence-corrected chi connectivity index (χ2v) is 9.13. The second-order valence-electron chi connectivity index (χ2n) is 8.72. The molecule has 34 heavy (non-hydrogen) atoms. The number of carboxylic acids is 1. The molecule has 0 bridgehead atoms. The molecular formula is C24H22ClN3O6. The first-order valence-electron chi connectivity index (χ1n) is 10.9. The van der Waals surface area contributed by atoms with E-state index in [9.17, 15) is 24.3 Å². The van der Waals surface area contributed by atoms with Crippen LogP contribution in [-0.4, -0.2) is 46.8 Å². The highest BCUT2D eigenvalue weighted by molar-refractivity contribution is 6.35. The minimum atomic E-state index is -1.50. The maximum atomic E-state index is 13.7. The summed E-state index contributed by atoms with van der Waals surface area (Å²) < 4.78 is 5.16. The summed E-state index contributed by atoms with van der Waals surface area (Å²) in [5.41, 5.74) is 0.111. The van der Waals surface area contributed by atoms with Gasteiger partial charge in [0.05, 0.1) is 36.2 Å². The molecule has 3 aliphatic heterocycles. The van der Waals surface area contributed by atoms with Crippen LogP contribution in [0.5, 0.6) is 5.75 Å². The summed E-state index contributed by atoms with van der Waals surface area (Å²) >= 11 is 6.31. The molecule has 9 nitrogen and oxygen atoms in total. The lowest BCUT2D eigenvalue weighted by molar-refractivity contribution is -0.144. The molecule has 2 aromatic carbocycles. The number of hydrogen-bond donors (Lipinski definition) is 3. The highest BCUT2D eigenvalue weighted by Gasteiger charge is 2.70. The zero-order valence-electron chi connectivity index (χ0n) is 18.2. The van der Waals surface area contributed by atoms with Crippen molar-refractivity contribution in [3.63, 3.8) is 0 Å². The lowest BCUT2D eigenvalue weighted by Crippen LogP contribution is -2.53. The molecule has 2 fully saturated rings. The zero-order chi connectivity index (χ0) is 24.2. The van der Waals surface area contributed by atoms with Crippen LogP contribution in [0.2, 0.25) is 5.02 Å². The van der Waals surface area contributed by atoms with Crippen LogP contribution in [-0.2, 0) is 31.3 Å². The number of methoxy groups -OCH3 is 1. The number of nitrogens with one attached hydrogen (secondary N) is 2. The summed E-state index contributed by atoms with van der Waals surface area (Å²) in [5, 5.41) is 15.5. The Labute approximate surface area is 200 Å². The van der Waals surface area contributed by atoms with E-state index >= 15 is 0 Å². The molecule has 3 N–H and O–H groups in total. The van der Waals surface area contributed by atoms with Gasteiger partial charge >= 0.3 is 5.97 Å². The predicted molar refractivity (Wildman–Crippen MR) is 121 cm³/mol. The lowest BCUT2D eigenvalue weighted by Gasteiger charge is -2.29. The van der Waals surface area contributed by atoms with E-state index in [0.29, 0.717) is 22.0 Å². The minimum absolute atomic E-state index is 0.0421. The molecule has 0 radical (unpaired) electrons. The van der Waals surface area contributed by atoms with Crippen LogP contribution >= 0.6 is 11.6 Å². The molecule has 3 heterocycles. The van der Waals surface area contributed by atoms with E-state index < -0.39 is 47.1 Å². The maximum Gasteiger partial charge on any atom is 0.303 e. The van der Waals surface area contributed by atoms with Crippen LogP contribution in [0.1, 0.15) is 24.0 Å². The number of hydrogen-bond acceptors (Lipinski definition) is 6. The third kappa shape index (κ3) is 3.19. The normalized spacial score (nSPS) is 27.2. The number of benzene rings is 2. The average Bonchev–Trinajstić information content (AvgIpc) is 3.40. The van der Waals surface area contributed by atoms with E-state index in [-0.39, 0.29) is 19.4 Å². The van der Waals surface area contributed by atoms with Gasteiger partial charge in [0.25, 0.3) is 0 Å². The van der Waals surface area contributed by atoms with Crippen molar-refractivity contribution in [1.29, 1.82) is 0 Å². The third-order valence-electron chi connectivity index (χ3n) is 6.96. The van der Waals surface area contributed by atoms with Gasteiger partial charge in [0.15, 0.2) is 0 Å². The Bertz CT molecular complexity index is 1220. The van der Waals surface area contributed by atoms with Crippen LogP contribution in [0.25, 0.3) is 0 Å². The minimum Gasteiger partial charge on any atom is -0.497 e. The summed E-state index contributed by atoms with van der Waals surface area (Å²) in [4.78, 5) is 53.1. The van der Waals surface area contributed by atoms with Crippen molar-refractivity contribution in [2.24, 2.45) is 11.8 Å². The molecular weight excluding hydrogens is 462 g/mol. The Morgan fingerprint density at radius 2 is 1.88 bits per heavy atom. The van der Waals surface area contributed by atoms with Crippen molar-refractivity contribution in [3.05, 3.63) is 58.6 Å². The van der Waals surface area contributed by atoms with Gasteiger partial charge in [-0.2, -0.15) is 0 Å². The number of ether oxygens (including phenoxy) is 1. The van der Waals surface area contributed by atoms with Gasteiger partial charge in [-0.15, -0.1) is 0 Å². The topological polar surface area (TPSA) is 125 Å². The Morgan fingerprint density at radius 3 is 2.56 bits per heavy atom. The number of carbonyl (C=O) groups is 4. The Hall–Kier alpha value is -3.43. The van der Waals surface area contributed by atoms with Crippen LogP contribution in [0.4, 0.5) is 5.69 Å². The van der Waals surface area contributed by atoms with Crippen molar-refractivity contribution >= 4 is 41.0 Å². The predicted octanol–water partition coefficient (Wildman–Crippen LogP) is 2.13. The van der Waals surface area contributed by atoms with E-state index in [2.05, 4.69) is 10.6 Å². The van der Waals surface area contributed by atoms with Crippen molar-refractivity contribution in [1.82, 2.24) is 10.2 Å². The molecule has 0 aliphatic carbocycles. The summed E-state index contributed by atoms with van der Waals surface area (Å²) in [5.74, 6) is -3.64. The molecule has 3 amide bonds. The molecule has 0 aromatic heterocycles. The van der Waals surface area contributed by atoms with Gasteiger partial charge in [-0.1, -0.05) is 35.9 Å². The van der Waals surface area contributed by atoms with Gasteiger partial charge in [0, 0.05) is 18.0 Å². The molecule has 4 atom stereocenters. The number of nitrogens with zero attached hydrogens (tertiary/aromatic N) is 1. The fraction of sp³-hybridized carbons (Fsp3) is 0.333. The van der Waals surface area contributed by atoms with E-state index in [0.717, 1.165) is 5.56 Å². The van der Waals surface area contributed by atoms with Crippen LogP contribution in [0.3, 0.4) is 0 Å². The van der Waals surface area contributed by atoms with Gasteiger partial charge in [-0.3, -0.25) is 29.4 Å². The molecule has 176 valence electrons. The van der Waals surface area contributed by atoms with Crippen LogP contribution in [0, 0.1) is 11.8 Å². The number of fused-ring (bicyclic) bond motifs is 4. The third-order valence-corrected chi connectivity index (χ3v) is 7.27. The lowest BCUT2D eigenvalue weighted by atomic mass is 9.76. The van der Waals surface area contributed by atoms with E-state index in [1.807, 2.05) is 0 Å². The van der Waals surface area contributed by atoms with Gasteiger partial charge in [0.2, 0.25) is 17.7 Å². The number of anilines is 1. The molecule has 1 spiro atoms. The fourth-order valence-electron chi connectivity index (χ4n) is 5.45. The highest BCUT2D eigenvalue weighted by Crippen LogP contribution is 2.54. The molecule has 2 aromatic rings. The first-order valence-corrected chi connectivity index (χ1v) is 11.2. The van der Waals surface area contributed by atoms with Crippen molar-refractivity contribution in [2.75, 3.05) is 12.4 Å². The number of para-hydroxylation sites is 1. The fourth-order valence-corrected chi connectivity index (χ4v) is 5.67. The summed E-state index contributed by atoms with van der Waals surface area (Å²) in [7, 11) is 1.55. The number of halogens is 1. The Balaban J connectivity index is 1.56. The van der Waals surface area contributed by atoms with E-state index in [1.54, 1.807) is 49.6 Å².